The number of fused-ring (bicyclic) bond motifs is 1. The first kappa shape index (κ1) is 20.5. The lowest BCUT2D eigenvalue weighted by Gasteiger charge is -2.10. The molecule has 0 fully saturated rings. The topological polar surface area (TPSA) is 72.2 Å². The summed E-state index contributed by atoms with van der Waals surface area (Å²) in [7, 11) is 0. The van der Waals surface area contributed by atoms with Gasteiger partial charge in [0.1, 0.15) is 5.82 Å². The van der Waals surface area contributed by atoms with Gasteiger partial charge in [-0.15, -0.1) is 5.10 Å². The number of anilines is 1. The SMILES string of the molecule is CCc1ccc(NC(=O)c2nc3nc(-c4ccc(F)cc4)cc(C(F)(F)F)n3n2)cc1. The minimum absolute atomic E-state index is 0.0747. The van der Waals surface area contributed by atoms with Gasteiger partial charge in [-0.25, -0.2) is 9.37 Å². The molecule has 0 saturated heterocycles. The Morgan fingerprint density at radius 1 is 1.03 bits per heavy atom. The number of hydrogen-bond acceptors (Lipinski definition) is 4. The molecular weight excluding hydrogens is 414 g/mol. The van der Waals surface area contributed by atoms with Crippen LogP contribution in [0, 0.1) is 5.82 Å². The molecule has 2 aromatic carbocycles. The Balaban J connectivity index is 1.74. The first-order valence-electron chi connectivity index (χ1n) is 9.26. The highest BCUT2D eigenvalue weighted by molar-refractivity contribution is 6.01. The van der Waals surface area contributed by atoms with Crippen LogP contribution in [0.5, 0.6) is 0 Å². The van der Waals surface area contributed by atoms with Crippen molar-refractivity contribution in [3.63, 3.8) is 0 Å². The van der Waals surface area contributed by atoms with Crippen molar-refractivity contribution in [2.24, 2.45) is 0 Å². The maximum atomic E-state index is 13.6. The lowest BCUT2D eigenvalue weighted by atomic mass is 10.1. The van der Waals surface area contributed by atoms with Crippen molar-refractivity contribution in [1.29, 1.82) is 0 Å². The average Bonchev–Trinajstić information content (AvgIpc) is 3.17. The molecule has 10 heteroatoms. The Bertz CT molecular complexity index is 1250. The molecule has 6 nitrogen and oxygen atoms in total. The van der Waals surface area contributed by atoms with Crippen molar-refractivity contribution < 1.29 is 22.4 Å². The molecule has 0 aliphatic carbocycles. The number of nitrogens with zero attached hydrogens (tertiary/aromatic N) is 4. The van der Waals surface area contributed by atoms with E-state index in [9.17, 15) is 22.4 Å². The summed E-state index contributed by atoms with van der Waals surface area (Å²) < 4.78 is 54.5. The number of nitrogens with one attached hydrogen (secondary N) is 1. The molecule has 4 rings (SSSR count). The predicted molar refractivity (Wildman–Crippen MR) is 105 cm³/mol. The molecule has 2 heterocycles. The molecule has 0 spiro atoms. The number of carbonyl (C=O) groups excluding carboxylic acids is 1. The molecule has 0 bridgehead atoms. The van der Waals surface area contributed by atoms with E-state index >= 15 is 0 Å². The minimum Gasteiger partial charge on any atom is -0.319 e. The quantitative estimate of drug-likeness (QED) is 0.475. The highest BCUT2D eigenvalue weighted by Gasteiger charge is 2.36. The van der Waals surface area contributed by atoms with E-state index in [1.807, 2.05) is 19.1 Å². The normalized spacial score (nSPS) is 11.6. The zero-order chi connectivity index (χ0) is 22.2. The minimum atomic E-state index is -4.78. The van der Waals surface area contributed by atoms with Crippen molar-refractivity contribution in [2.45, 2.75) is 19.5 Å². The fourth-order valence-electron chi connectivity index (χ4n) is 2.95. The first-order valence-corrected chi connectivity index (χ1v) is 9.26. The second-order valence-corrected chi connectivity index (χ2v) is 6.68. The summed E-state index contributed by atoms with van der Waals surface area (Å²) in [6.07, 6.45) is -3.96. The zero-order valence-corrected chi connectivity index (χ0v) is 16.1. The predicted octanol–water partition coefficient (Wildman–Crippen LogP) is 4.76. The van der Waals surface area contributed by atoms with Crippen molar-refractivity contribution in [3.8, 4) is 11.3 Å². The number of carbonyl (C=O) groups is 1. The van der Waals surface area contributed by atoms with Gasteiger partial charge < -0.3 is 5.32 Å². The van der Waals surface area contributed by atoms with Gasteiger partial charge in [0.2, 0.25) is 5.82 Å². The molecule has 158 valence electrons. The summed E-state index contributed by atoms with van der Waals surface area (Å²) in [5, 5.41) is 6.26. The Kier molecular flexibility index (Phi) is 5.14. The van der Waals surface area contributed by atoms with Crippen LogP contribution in [0.1, 0.15) is 28.8 Å². The third kappa shape index (κ3) is 4.23. The largest absolute Gasteiger partial charge is 0.433 e. The number of aromatic nitrogens is 4. The van der Waals surface area contributed by atoms with Crippen molar-refractivity contribution in [2.75, 3.05) is 5.32 Å². The van der Waals surface area contributed by atoms with Gasteiger partial charge in [-0.1, -0.05) is 19.1 Å². The summed E-state index contributed by atoms with van der Waals surface area (Å²) in [6, 6.07) is 12.6. The van der Waals surface area contributed by atoms with Crippen LogP contribution in [0.15, 0.2) is 54.6 Å². The van der Waals surface area contributed by atoms with Crippen LogP contribution in [0.3, 0.4) is 0 Å². The van der Waals surface area contributed by atoms with Crippen LogP contribution in [-0.2, 0) is 12.6 Å². The molecule has 2 aromatic heterocycles. The van der Waals surface area contributed by atoms with Crippen LogP contribution in [-0.4, -0.2) is 25.5 Å². The highest BCUT2D eigenvalue weighted by atomic mass is 19.4. The van der Waals surface area contributed by atoms with Crippen molar-refractivity contribution in [1.82, 2.24) is 19.6 Å². The van der Waals surface area contributed by atoms with Crippen LogP contribution >= 0.6 is 0 Å². The third-order valence-corrected chi connectivity index (χ3v) is 4.57. The fraction of sp³-hybridized carbons (Fsp3) is 0.143. The first-order chi connectivity index (χ1) is 14.7. The lowest BCUT2D eigenvalue weighted by molar-refractivity contribution is -0.142. The van der Waals surface area contributed by atoms with E-state index in [0.29, 0.717) is 10.2 Å². The standard InChI is InChI=1S/C21H15F4N5O/c1-2-12-3-9-15(10-4-12)26-19(31)18-28-20-27-16(13-5-7-14(22)8-6-13)11-17(21(23,24)25)30(20)29-18/h3-11H,2H2,1H3,(H,26,31). The molecule has 0 atom stereocenters. The van der Waals surface area contributed by atoms with E-state index in [0.717, 1.165) is 30.2 Å². The molecule has 0 unspecified atom stereocenters. The summed E-state index contributed by atoms with van der Waals surface area (Å²) in [5.41, 5.74) is 0.553. The summed E-state index contributed by atoms with van der Waals surface area (Å²) in [4.78, 5) is 20.4. The van der Waals surface area contributed by atoms with Gasteiger partial charge in [0.15, 0.2) is 5.69 Å². The van der Waals surface area contributed by atoms with E-state index in [1.165, 1.54) is 12.1 Å². The number of hydrogen-bond donors (Lipinski definition) is 1. The maximum absolute atomic E-state index is 13.6. The van der Waals surface area contributed by atoms with E-state index in [4.69, 9.17) is 0 Å². The second kappa shape index (κ2) is 7.78. The lowest BCUT2D eigenvalue weighted by Crippen LogP contribution is -2.16. The van der Waals surface area contributed by atoms with Gasteiger partial charge in [-0.3, -0.25) is 4.79 Å². The van der Waals surface area contributed by atoms with Crippen LogP contribution < -0.4 is 5.32 Å². The number of amides is 1. The van der Waals surface area contributed by atoms with Crippen LogP contribution in [0.2, 0.25) is 0 Å². The zero-order valence-electron chi connectivity index (χ0n) is 16.1. The molecule has 31 heavy (non-hydrogen) atoms. The Hall–Kier alpha value is -3.82. The van der Waals surface area contributed by atoms with Gasteiger partial charge in [-0.2, -0.15) is 22.7 Å². The summed E-state index contributed by atoms with van der Waals surface area (Å²) >= 11 is 0. The number of aryl methyl sites for hydroxylation is 1. The van der Waals surface area contributed by atoms with E-state index in [1.54, 1.807) is 12.1 Å². The Labute approximate surface area is 173 Å². The smallest absolute Gasteiger partial charge is 0.319 e. The molecule has 1 N–H and O–H groups in total. The number of rotatable bonds is 4. The van der Waals surface area contributed by atoms with Crippen molar-refractivity contribution in [3.05, 3.63) is 77.5 Å². The number of benzene rings is 2. The molecule has 0 radical (unpaired) electrons. The molecule has 0 aliphatic rings. The molecule has 4 aromatic rings. The van der Waals surface area contributed by atoms with Gasteiger partial charge in [0.05, 0.1) is 5.69 Å². The van der Waals surface area contributed by atoms with Crippen LogP contribution in [0.4, 0.5) is 23.2 Å². The summed E-state index contributed by atoms with van der Waals surface area (Å²) in [5.74, 6) is -2.17. The fourth-order valence-corrected chi connectivity index (χ4v) is 2.95. The van der Waals surface area contributed by atoms with E-state index < -0.39 is 35.2 Å². The van der Waals surface area contributed by atoms with E-state index in [-0.39, 0.29) is 11.3 Å². The Morgan fingerprint density at radius 2 is 1.71 bits per heavy atom. The van der Waals surface area contributed by atoms with Crippen LogP contribution in [0.25, 0.3) is 17.0 Å². The van der Waals surface area contributed by atoms with Gasteiger partial charge >= 0.3 is 6.18 Å². The van der Waals surface area contributed by atoms with Crippen molar-refractivity contribution >= 4 is 17.4 Å². The highest BCUT2D eigenvalue weighted by Crippen LogP contribution is 2.32. The Morgan fingerprint density at radius 3 is 2.32 bits per heavy atom. The average molecular weight is 429 g/mol. The van der Waals surface area contributed by atoms with Gasteiger partial charge in [-0.05, 0) is 54.4 Å². The molecule has 0 aliphatic heterocycles. The second-order valence-electron chi connectivity index (χ2n) is 6.68. The van der Waals surface area contributed by atoms with E-state index in [2.05, 4.69) is 20.4 Å². The monoisotopic (exact) mass is 429 g/mol. The number of halogens is 4. The molecular formula is C21H15F4N5O. The third-order valence-electron chi connectivity index (χ3n) is 4.57. The van der Waals surface area contributed by atoms with Gasteiger partial charge in [0.25, 0.3) is 11.7 Å². The molecule has 0 saturated carbocycles. The molecule has 1 amide bonds. The summed E-state index contributed by atoms with van der Waals surface area (Å²) in [6.45, 7) is 1.99. The number of alkyl halides is 3. The van der Waals surface area contributed by atoms with Gasteiger partial charge in [0, 0.05) is 11.3 Å². The maximum Gasteiger partial charge on any atom is 0.433 e.